The second kappa shape index (κ2) is 7.82. The third-order valence-corrected chi connectivity index (χ3v) is 4.29. The second-order valence-corrected chi connectivity index (χ2v) is 5.89. The van der Waals surface area contributed by atoms with Crippen molar-refractivity contribution in [1.29, 1.82) is 0 Å². The Labute approximate surface area is 126 Å². The molecule has 5 heteroatoms. The van der Waals surface area contributed by atoms with Gasteiger partial charge in [-0.1, -0.05) is 13.8 Å². The number of halogens is 1. The molecule has 2 heterocycles. The van der Waals surface area contributed by atoms with E-state index >= 15 is 0 Å². The largest absolute Gasteiger partial charge is 0.395 e. The predicted molar refractivity (Wildman–Crippen MR) is 81.5 cm³/mol. The zero-order valence-corrected chi connectivity index (χ0v) is 12.9. The lowest BCUT2D eigenvalue weighted by Crippen LogP contribution is -2.39. The fourth-order valence-corrected chi connectivity index (χ4v) is 3.21. The van der Waals surface area contributed by atoms with Gasteiger partial charge < -0.3 is 10.4 Å². The van der Waals surface area contributed by atoms with Gasteiger partial charge in [-0.3, -0.25) is 9.88 Å². The standard InChI is InChI=1S/C16H26FN3O/c1-3-18-16(15-7-6-13(17)9-19-15)12(2)10-20-8-4-5-14(20)11-21/h6-7,9,12,14,16,18,21H,3-5,8,10-11H2,1-2H3. The van der Waals surface area contributed by atoms with Crippen LogP contribution in [0.3, 0.4) is 0 Å². The first-order valence-corrected chi connectivity index (χ1v) is 7.85. The number of pyridine rings is 1. The number of hydrogen-bond donors (Lipinski definition) is 2. The van der Waals surface area contributed by atoms with E-state index in [1.165, 1.54) is 12.3 Å². The summed E-state index contributed by atoms with van der Waals surface area (Å²) in [5.41, 5.74) is 0.880. The van der Waals surface area contributed by atoms with Crippen molar-refractivity contribution in [3.8, 4) is 0 Å². The van der Waals surface area contributed by atoms with E-state index in [4.69, 9.17) is 0 Å². The predicted octanol–water partition coefficient (Wildman–Crippen LogP) is 1.96. The number of hydrogen-bond acceptors (Lipinski definition) is 4. The Kier molecular flexibility index (Phi) is 6.08. The van der Waals surface area contributed by atoms with E-state index in [1.54, 1.807) is 6.07 Å². The van der Waals surface area contributed by atoms with E-state index in [9.17, 15) is 9.50 Å². The molecule has 0 amide bonds. The van der Waals surface area contributed by atoms with E-state index in [2.05, 4.69) is 29.0 Å². The molecule has 1 saturated heterocycles. The zero-order chi connectivity index (χ0) is 15.2. The topological polar surface area (TPSA) is 48.4 Å². The first-order valence-electron chi connectivity index (χ1n) is 7.85. The van der Waals surface area contributed by atoms with Crippen LogP contribution in [0.1, 0.15) is 38.4 Å². The van der Waals surface area contributed by atoms with Gasteiger partial charge in [-0.15, -0.1) is 0 Å². The van der Waals surface area contributed by atoms with E-state index in [1.807, 2.05) is 0 Å². The smallest absolute Gasteiger partial charge is 0.141 e. The molecule has 2 rings (SSSR count). The Morgan fingerprint density at radius 2 is 2.33 bits per heavy atom. The molecule has 1 aromatic rings. The van der Waals surface area contributed by atoms with Crippen LogP contribution in [-0.4, -0.2) is 47.3 Å². The van der Waals surface area contributed by atoms with Crippen molar-refractivity contribution in [1.82, 2.24) is 15.2 Å². The minimum Gasteiger partial charge on any atom is -0.395 e. The molecule has 1 aromatic heterocycles. The summed E-state index contributed by atoms with van der Waals surface area (Å²) in [4.78, 5) is 6.59. The highest BCUT2D eigenvalue weighted by molar-refractivity contribution is 5.11. The van der Waals surface area contributed by atoms with Crippen LogP contribution in [0.2, 0.25) is 0 Å². The molecule has 21 heavy (non-hydrogen) atoms. The highest BCUT2D eigenvalue weighted by Crippen LogP contribution is 2.25. The van der Waals surface area contributed by atoms with Gasteiger partial charge in [0.05, 0.1) is 24.5 Å². The van der Waals surface area contributed by atoms with Crippen LogP contribution >= 0.6 is 0 Å². The summed E-state index contributed by atoms with van der Waals surface area (Å²) in [5.74, 6) is 0.0385. The van der Waals surface area contributed by atoms with Crippen molar-refractivity contribution in [2.24, 2.45) is 5.92 Å². The molecule has 2 N–H and O–H groups in total. The van der Waals surface area contributed by atoms with Crippen LogP contribution in [0, 0.1) is 11.7 Å². The summed E-state index contributed by atoms with van der Waals surface area (Å²) < 4.78 is 13.0. The van der Waals surface area contributed by atoms with E-state index < -0.39 is 0 Å². The van der Waals surface area contributed by atoms with Gasteiger partial charge >= 0.3 is 0 Å². The SMILES string of the molecule is CCNC(c1ccc(F)cn1)C(C)CN1CCCC1CO. The molecule has 1 fully saturated rings. The fraction of sp³-hybridized carbons (Fsp3) is 0.688. The van der Waals surface area contributed by atoms with Crippen LogP contribution in [0.4, 0.5) is 4.39 Å². The Morgan fingerprint density at radius 3 is 2.95 bits per heavy atom. The van der Waals surface area contributed by atoms with Crippen molar-refractivity contribution in [3.63, 3.8) is 0 Å². The number of aliphatic hydroxyl groups excluding tert-OH is 1. The molecular formula is C16H26FN3O. The van der Waals surface area contributed by atoms with E-state index in [-0.39, 0.29) is 24.5 Å². The quantitative estimate of drug-likeness (QED) is 0.807. The molecule has 0 aliphatic carbocycles. The van der Waals surface area contributed by atoms with Gasteiger partial charge in [0.25, 0.3) is 0 Å². The van der Waals surface area contributed by atoms with Crippen molar-refractivity contribution in [2.45, 2.75) is 38.8 Å². The molecule has 0 bridgehead atoms. The van der Waals surface area contributed by atoms with Crippen LogP contribution in [0.15, 0.2) is 18.3 Å². The lowest BCUT2D eigenvalue weighted by atomic mass is 9.97. The van der Waals surface area contributed by atoms with Gasteiger partial charge in [0.2, 0.25) is 0 Å². The first-order chi connectivity index (χ1) is 10.2. The molecular weight excluding hydrogens is 269 g/mol. The van der Waals surface area contributed by atoms with Gasteiger partial charge in [-0.25, -0.2) is 4.39 Å². The monoisotopic (exact) mass is 295 g/mol. The average molecular weight is 295 g/mol. The van der Waals surface area contributed by atoms with Crippen molar-refractivity contribution >= 4 is 0 Å². The Morgan fingerprint density at radius 1 is 1.52 bits per heavy atom. The number of likely N-dealkylation sites (tertiary alicyclic amines) is 1. The maximum atomic E-state index is 13.0. The normalized spacial score (nSPS) is 22.4. The molecule has 3 unspecified atom stereocenters. The summed E-state index contributed by atoms with van der Waals surface area (Å²) in [6.45, 7) is 7.29. The molecule has 0 spiro atoms. The summed E-state index contributed by atoms with van der Waals surface area (Å²) in [5, 5.41) is 12.9. The third kappa shape index (κ3) is 4.22. The number of aliphatic hydroxyl groups is 1. The van der Waals surface area contributed by atoms with Crippen LogP contribution in [-0.2, 0) is 0 Å². The van der Waals surface area contributed by atoms with Crippen molar-refractivity contribution < 1.29 is 9.50 Å². The minimum atomic E-state index is -0.304. The maximum absolute atomic E-state index is 13.0. The highest BCUT2D eigenvalue weighted by Gasteiger charge is 2.28. The van der Waals surface area contributed by atoms with Crippen LogP contribution in [0.5, 0.6) is 0 Å². The summed E-state index contributed by atoms with van der Waals surface area (Å²) >= 11 is 0. The molecule has 0 aromatic carbocycles. The lowest BCUT2D eigenvalue weighted by Gasteiger charge is -2.31. The van der Waals surface area contributed by atoms with Gasteiger partial charge in [0.1, 0.15) is 5.82 Å². The molecule has 118 valence electrons. The maximum Gasteiger partial charge on any atom is 0.141 e. The number of aromatic nitrogens is 1. The van der Waals surface area contributed by atoms with Gasteiger partial charge in [0.15, 0.2) is 0 Å². The summed E-state index contributed by atoms with van der Waals surface area (Å²) in [6.07, 6.45) is 3.50. The Balaban J connectivity index is 2.04. The second-order valence-electron chi connectivity index (χ2n) is 5.89. The molecule has 1 aliphatic heterocycles. The van der Waals surface area contributed by atoms with Crippen molar-refractivity contribution in [3.05, 3.63) is 29.8 Å². The minimum absolute atomic E-state index is 0.107. The Bertz CT molecular complexity index is 426. The summed E-state index contributed by atoms with van der Waals surface area (Å²) in [7, 11) is 0. The molecule has 0 radical (unpaired) electrons. The number of nitrogens with zero attached hydrogens (tertiary/aromatic N) is 2. The van der Waals surface area contributed by atoms with E-state index in [0.29, 0.717) is 5.92 Å². The molecule has 0 saturated carbocycles. The zero-order valence-electron chi connectivity index (χ0n) is 12.9. The average Bonchev–Trinajstić information content (AvgIpc) is 2.93. The van der Waals surface area contributed by atoms with Gasteiger partial charge in [-0.05, 0) is 44.0 Å². The number of nitrogens with one attached hydrogen (secondary N) is 1. The summed E-state index contributed by atoms with van der Waals surface area (Å²) in [6, 6.07) is 3.62. The van der Waals surface area contributed by atoms with E-state index in [0.717, 1.165) is 38.2 Å². The first kappa shape index (κ1) is 16.3. The Hall–Kier alpha value is -1.04. The van der Waals surface area contributed by atoms with Crippen LogP contribution in [0.25, 0.3) is 0 Å². The van der Waals surface area contributed by atoms with Crippen molar-refractivity contribution in [2.75, 3.05) is 26.2 Å². The molecule has 4 nitrogen and oxygen atoms in total. The third-order valence-electron chi connectivity index (χ3n) is 4.29. The number of rotatable bonds is 7. The molecule has 1 aliphatic rings. The van der Waals surface area contributed by atoms with Gasteiger partial charge in [0, 0.05) is 12.6 Å². The fourth-order valence-electron chi connectivity index (χ4n) is 3.21. The van der Waals surface area contributed by atoms with Crippen LogP contribution < -0.4 is 5.32 Å². The lowest BCUT2D eigenvalue weighted by molar-refractivity contribution is 0.135. The van der Waals surface area contributed by atoms with Gasteiger partial charge in [-0.2, -0.15) is 0 Å². The molecule has 3 atom stereocenters. The highest BCUT2D eigenvalue weighted by atomic mass is 19.1.